The summed E-state index contributed by atoms with van der Waals surface area (Å²) in [6, 6.07) is 90.6. The smallest absolute Gasteiger partial charge is 0.170 e. The Morgan fingerprint density at radius 3 is 1.47 bits per heavy atom. The normalized spacial score (nSPS) is 13.1. The van der Waals surface area contributed by atoms with Gasteiger partial charge in [-0.25, -0.2) is 15.0 Å². The molecule has 354 valence electrons. The van der Waals surface area contributed by atoms with Crippen LogP contribution in [-0.2, 0) is 5.41 Å². The molecule has 0 bridgehead atoms. The molecule has 3 aliphatic rings. The van der Waals surface area contributed by atoms with E-state index in [0.29, 0.717) is 17.5 Å². The summed E-state index contributed by atoms with van der Waals surface area (Å²) in [7, 11) is 0. The highest BCUT2D eigenvalue weighted by atomic mass is 16.6. The van der Waals surface area contributed by atoms with Crippen LogP contribution < -0.4 is 9.47 Å². The summed E-state index contributed by atoms with van der Waals surface area (Å²) in [4.78, 5) is 15.0. The zero-order valence-corrected chi connectivity index (χ0v) is 40.9. The van der Waals surface area contributed by atoms with E-state index in [9.17, 15) is 0 Å². The van der Waals surface area contributed by atoms with Gasteiger partial charge in [0, 0.05) is 33.2 Å². The highest BCUT2D eigenvalue weighted by molar-refractivity contribution is 6.11. The number of hydrogen-bond acceptors (Lipinski definition) is 5. The third-order valence-electron chi connectivity index (χ3n) is 15.7. The first kappa shape index (κ1) is 42.3. The fourth-order valence-corrected chi connectivity index (χ4v) is 12.4. The van der Waals surface area contributed by atoms with Gasteiger partial charge in [0.15, 0.2) is 40.5 Å². The summed E-state index contributed by atoms with van der Waals surface area (Å²) in [5, 5.41) is 2.38. The molecule has 0 saturated carbocycles. The maximum absolute atomic E-state index is 6.63. The highest BCUT2D eigenvalue weighted by Gasteiger charge is 2.52. The van der Waals surface area contributed by atoms with Crippen LogP contribution in [0.3, 0.4) is 0 Å². The number of rotatable bonds is 6. The van der Waals surface area contributed by atoms with Crippen LogP contribution in [0.25, 0.3) is 106 Å². The van der Waals surface area contributed by atoms with Crippen LogP contribution in [0.4, 0.5) is 0 Å². The van der Waals surface area contributed by atoms with Gasteiger partial charge in [-0.05, 0) is 133 Å². The Morgan fingerprint density at radius 2 is 0.763 bits per heavy atom. The van der Waals surface area contributed by atoms with Gasteiger partial charge in [0.05, 0.1) is 16.4 Å². The predicted molar refractivity (Wildman–Crippen MR) is 304 cm³/mol. The van der Waals surface area contributed by atoms with E-state index in [4.69, 9.17) is 24.4 Å². The Hall–Kier alpha value is -10.2. The highest BCUT2D eigenvalue weighted by Crippen LogP contribution is 2.65. The first-order valence-electron chi connectivity index (χ1n) is 25.7. The van der Waals surface area contributed by atoms with Crippen LogP contribution >= 0.6 is 0 Å². The van der Waals surface area contributed by atoms with Crippen molar-refractivity contribution >= 4 is 21.8 Å². The molecule has 1 aliphatic heterocycles. The van der Waals surface area contributed by atoms with Crippen molar-refractivity contribution in [2.75, 3.05) is 0 Å². The Balaban J connectivity index is 0.810. The van der Waals surface area contributed by atoms with Crippen LogP contribution in [0.2, 0.25) is 0 Å². The van der Waals surface area contributed by atoms with Gasteiger partial charge < -0.3 is 14.0 Å². The lowest BCUT2D eigenvalue weighted by Crippen LogP contribution is -2.26. The minimum atomic E-state index is -0.574. The van der Waals surface area contributed by atoms with E-state index < -0.39 is 5.41 Å². The number of para-hydroxylation sites is 3. The average molecular weight is 971 g/mol. The van der Waals surface area contributed by atoms with Crippen molar-refractivity contribution < 1.29 is 9.47 Å². The fourth-order valence-electron chi connectivity index (χ4n) is 12.4. The zero-order valence-electron chi connectivity index (χ0n) is 40.9. The second kappa shape index (κ2) is 16.4. The molecule has 16 rings (SSSR count). The lowest BCUT2D eigenvalue weighted by molar-refractivity contribution is 0.359. The molecule has 2 aliphatic carbocycles. The molecular weight excluding hydrogens is 929 g/mol. The van der Waals surface area contributed by atoms with Crippen molar-refractivity contribution in [3.05, 3.63) is 277 Å². The van der Waals surface area contributed by atoms with Crippen molar-refractivity contribution in [2.24, 2.45) is 0 Å². The number of benzene rings is 11. The van der Waals surface area contributed by atoms with Crippen LogP contribution in [0.5, 0.6) is 23.0 Å². The second-order valence-corrected chi connectivity index (χ2v) is 19.9. The molecule has 0 amide bonds. The summed E-state index contributed by atoms with van der Waals surface area (Å²) in [5.41, 5.74) is 19.9. The molecule has 11 aromatic carbocycles. The van der Waals surface area contributed by atoms with Gasteiger partial charge in [-0.3, -0.25) is 0 Å². The molecule has 6 nitrogen and oxygen atoms in total. The second-order valence-electron chi connectivity index (χ2n) is 19.9. The number of ether oxygens (including phenoxy) is 2. The third kappa shape index (κ3) is 6.31. The fraction of sp³-hybridized carbons (Fsp3) is 0.0143. The summed E-state index contributed by atoms with van der Waals surface area (Å²) in [6.07, 6.45) is 0. The minimum Gasteiger partial charge on any atom is -0.450 e. The molecule has 0 unspecified atom stereocenters. The molecule has 0 saturated heterocycles. The lowest BCUT2D eigenvalue weighted by Gasteiger charge is -2.31. The van der Waals surface area contributed by atoms with Crippen molar-refractivity contribution in [3.8, 4) is 107 Å². The van der Waals surface area contributed by atoms with Crippen LogP contribution in [-0.4, -0.2) is 19.5 Å². The van der Waals surface area contributed by atoms with E-state index >= 15 is 0 Å². The van der Waals surface area contributed by atoms with Gasteiger partial charge in [0.1, 0.15) is 0 Å². The van der Waals surface area contributed by atoms with Crippen molar-refractivity contribution in [1.82, 2.24) is 19.5 Å². The molecule has 6 heteroatoms. The van der Waals surface area contributed by atoms with Crippen LogP contribution in [0.15, 0.2) is 255 Å². The number of nitrogens with zero attached hydrogens (tertiary/aromatic N) is 4. The standard InChI is InChI=1S/C70H42N4O2/c1-3-17-43(18-4-1)67-71-68(44-19-5-2-6-20-44)73-69(72-67)49-23-15-21-45(37-49)46-22-16-24-50(38-46)74-61-30-12-9-27-54(61)56-39-47(34-36-62(56)74)48-33-35-53-55-41-65-66(76-64-32-14-13-31-63(64)75-65)42-60(55)70(59(53)40-48)57-28-10-7-25-51(57)52-26-8-11-29-58(52)70/h1-42H. The van der Waals surface area contributed by atoms with Crippen LogP contribution in [0, 0.1) is 0 Å². The van der Waals surface area contributed by atoms with E-state index in [1.54, 1.807) is 0 Å². The van der Waals surface area contributed by atoms with Gasteiger partial charge in [-0.15, -0.1) is 0 Å². The molecular formula is C70H42N4O2. The monoisotopic (exact) mass is 970 g/mol. The van der Waals surface area contributed by atoms with E-state index in [1.807, 2.05) is 84.9 Å². The SMILES string of the molecule is c1ccc(-c2nc(-c3ccccc3)nc(-c3cccc(-c4cccc(-n5c6ccccc6c6cc(-c7ccc8c(c7)C7(c9ccccc9-c9ccccc97)c7cc9c(cc7-8)Oc7ccccc7O9)ccc65)c4)c3)n2)cc1. The van der Waals surface area contributed by atoms with Crippen molar-refractivity contribution in [2.45, 2.75) is 5.41 Å². The third-order valence-corrected chi connectivity index (χ3v) is 15.7. The Bertz CT molecular complexity index is 4440. The van der Waals surface area contributed by atoms with Gasteiger partial charge in [-0.2, -0.15) is 0 Å². The van der Waals surface area contributed by atoms with E-state index in [2.05, 4.69) is 174 Å². The number of hydrogen-bond donors (Lipinski definition) is 0. The van der Waals surface area contributed by atoms with Crippen molar-refractivity contribution in [3.63, 3.8) is 0 Å². The molecule has 0 atom stereocenters. The van der Waals surface area contributed by atoms with E-state index in [-0.39, 0.29) is 0 Å². The summed E-state index contributed by atoms with van der Waals surface area (Å²) in [6.45, 7) is 0. The molecule has 0 radical (unpaired) electrons. The molecule has 3 heterocycles. The Labute approximate surface area is 438 Å². The molecule has 13 aromatic rings. The molecule has 76 heavy (non-hydrogen) atoms. The summed E-state index contributed by atoms with van der Waals surface area (Å²) < 4.78 is 15.6. The van der Waals surface area contributed by atoms with Gasteiger partial charge in [-0.1, -0.05) is 188 Å². The minimum absolute atomic E-state index is 0.574. The Kier molecular flexibility index (Phi) is 9.15. The maximum atomic E-state index is 6.63. The topological polar surface area (TPSA) is 62.1 Å². The van der Waals surface area contributed by atoms with Crippen LogP contribution in [0.1, 0.15) is 22.3 Å². The summed E-state index contributed by atoms with van der Waals surface area (Å²) in [5.74, 6) is 4.78. The van der Waals surface area contributed by atoms with E-state index in [0.717, 1.165) is 84.2 Å². The largest absolute Gasteiger partial charge is 0.450 e. The van der Waals surface area contributed by atoms with E-state index in [1.165, 1.54) is 49.7 Å². The summed E-state index contributed by atoms with van der Waals surface area (Å²) >= 11 is 0. The van der Waals surface area contributed by atoms with Crippen molar-refractivity contribution in [1.29, 1.82) is 0 Å². The molecule has 2 aromatic heterocycles. The zero-order chi connectivity index (χ0) is 49.9. The van der Waals surface area contributed by atoms with Gasteiger partial charge in [0.2, 0.25) is 0 Å². The number of aromatic nitrogens is 4. The molecule has 1 spiro atoms. The molecule has 0 N–H and O–H groups in total. The predicted octanol–water partition coefficient (Wildman–Crippen LogP) is 17.5. The first-order chi connectivity index (χ1) is 37.6. The van der Waals surface area contributed by atoms with Gasteiger partial charge >= 0.3 is 0 Å². The average Bonchev–Trinajstić information content (AvgIpc) is 4.19. The quantitative estimate of drug-likeness (QED) is 0.166. The lowest BCUT2D eigenvalue weighted by atomic mass is 9.70. The van der Waals surface area contributed by atoms with Gasteiger partial charge in [0.25, 0.3) is 0 Å². The molecule has 0 fully saturated rings. The number of fused-ring (bicyclic) bond motifs is 15. The maximum Gasteiger partial charge on any atom is 0.170 e. The first-order valence-corrected chi connectivity index (χ1v) is 25.7. The Morgan fingerprint density at radius 1 is 0.276 bits per heavy atom.